The first kappa shape index (κ1) is 24.4. The number of hydrogen-bond acceptors (Lipinski definition) is 5. The number of aliphatic hydroxyl groups excluding tert-OH is 1. The third-order valence-electron chi connectivity index (χ3n) is 5.66. The van der Waals surface area contributed by atoms with Gasteiger partial charge in [0.15, 0.2) is 0 Å². The quantitative estimate of drug-likeness (QED) is 0.588. The molecular formula is C24H28F2N2O5. The van der Waals surface area contributed by atoms with E-state index in [2.05, 4.69) is 5.32 Å². The molecule has 0 aliphatic carbocycles. The second kappa shape index (κ2) is 10.6. The van der Waals surface area contributed by atoms with Crippen LogP contribution in [-0.2, 0) is 11.4 Å². The van der Waals surface area contributed by atoms with Gasteiger partial charge in [-0.3, -0.25) is 9.59 Å². The number of carbonyl (C=O) groups is 2. The third-order valence-corrected chi connectivity index (χ3v) is 5.66. The maximum Gasteiger partial charge on any atom is 0.255 e. The molecule has 3 N–H and O–H groups in total. The predicted molar refractivity (Wildman–Crippen MR) is 117 cm³/mol. The van der Waals surface area contributed by atoms with Gasteiger partial charge in [-0.2, -0.15) is 0 Å². The second-order valence-corrected chi connectivity index (χ2v) is 8.41. The number of piperidine rings is 1. The molecule has 33 heavy (non-hydrogen) atoms. The van der Waals surface area contributed by atoms with Crippen LogP contribution in [0.1, 0.15) is 42.6 Å². The van der Waals surface area contributed by atoms with E-state index in [1.807, 2.05) is 0 Å². The Hall–Kier alpha value is -3.20. The number of hydrogen-bond donors (Lipinski definition) is 3. The van der Waals surface area contributed by atoms with Crippen LogP contribution in [0, 0.1) is 17.6 Å². The summed E-state index contributed by atoms with van der Waals surface area (Å²) in [7, 11) is 0. The van der Waals surface area contributed by atoms with Crippen LogP contribution in [0.4, 0.5) is 8.78 Å². The van der Waals surface area contributed by atoms with Crippen LogP contribution in [0.2, 0.25) is 0 Å². The molecule has 1 heterocycles. The van der Waals surface area contributed by atoms with Crippen LogP contribution in [0.5, 0.6) is 11.5 Å². The first-order valence-electron chi connectivity index (χ1n) is 10.8. The van der Waals surface area contributed by atoms with Gasteiger partial charge in [0.1, 0.15) is 35.3 Å². The number of ether oxygens (including phenoxy) is 1. The van der Waals surface area contributed by atoms with E-state index >= 15 is 0 Å². The molecule has 2 aromatic rings. The Bertz CT molecular complexity index is 1010. The van der Waals surface area contributed by atoms with Gasteiger partial charge in [-0.05, 0) is 36.2 Å². The van der Waals surface area contributed by atoms with Gasteiger partial charge in [0, 0.05) is 37.6 Å². The van der Waals surface area contributed by atoms with Crippen molar-refractivity contribution in [3.8, 4) is 11.5 Å². The molecule has 178 valence electrons. The molecule has 1 aliphatic rings. The number of aliphatic hydroxyl groups is 1. The highest BCUT2D eigenvalue weighted by Gasteiger charge is 2.32. The van der Waals surface area contributed by atoms with Crippen molar-refractivity contribution >= 4 is 11.8 Å². The minimum Gasteiger partial charge on any atom is -0.507 e. The average Bonchev–Trinajstić information content (AvgIpc) is 2.78. The smallest absolute Gasteiger partial charge is 0.255 e. The topological polar surface area (TPSA) is 99.1 Å². The van der Waals surface area contributed by atoms with Gasteiger partial charge < -0.3 is 25.2 Å². The Balaban J connectivity index is 1.61. The fraction of sp³-hybridized carbons (Fsp3) is 0.417. The first-order valence-corrected chi connectivity index (χ1v) is 10.8. The minimum absolute atomic E-state index is 0.110. The van der Waals surface area contributed by atoms with Crippen molar-refractivity contribution in [2.75, 3.05) is 13.1 Å². The summed E-state index contributed by atoms with van der Waals surface area (Å²) in [6.07, 6.45) is 0.866. The van der Waals surface area contributed by atoms with Crippen molar-refractivity contribution in [3.63, 3.8) is 0 Å². The molecule has 0 bridgehead atoms. The number of phenolic OH excluding ortho intramolecular Hbond substituents is 1. The van der Waals surface area contributed by atoms with Crippen LogP contribution in [0.25, 0.3) is 0 Å². The summed E-state index contributed by atoms with van der Waals surface area (Å²) >= 11 is 0. The molecule has 1 atom stereocenters. The van der Waals surface area contributed by atoms with Crippen molar-refractivity contribution in [2.24, 2.45) is 5.92 Å². The summed E-state index contributed by atoms with van der Waals surface area (Å²) in [4.78, 5) is 27.4. The van der Waals surface area contributed by atoms with Gasteiger partial charge in [0.25, 0.3) is 5.91 Å². The Kier molecular flexibility index (Phi) is 7.86. The standard InChI is InChI=1S/C24H28F2N2O5/c1-14(2)22(27-23(31)19-5-3-17(26)12-20(19)30)24(32)28-9-7-18(8-10-28)33-21-6-4-16(25)11-15(21)13-29/h3-6,11-12,14,18,22,29-30H,7-10,13H2,1-2H3,(H,27,31)/t22-/m0/s1. The first-order chi connectivity index (χ1) is 15.7. The molecule has 1 saturated heterocycles. The van der Waals surface area contributed by atoms with Gasteiger partial charge in [0.2, 0.25) is 5.91 Å². The van der Waals surface area contributed by atoms with Crippen LogP contribution in [0.15, 0.2) is 36.4 Å². The number of nitrogens with one attached hydrogen (secondary N) is 1. The molecule has 2 amide bonds. The number of aromatic hydroxyl groups is 1. The van der Waals surface area contributed by atoms with Crippen molar-refractivity contribution in [2.45, 2.75) is 45.4 Å². The molecule has 2 aromatic carbocycles. The number of phenols is 1. The molecule has 9 heteroatoms. The van der Waals surface area contributed by atoms with Crippen molar-refractivity contribution < 1.29 is 33.3 Å². The fourth-order valence-electron chi connectivity index (χ4n) is 3.79. The third kappa shape index (κ3) is 5.98. The molecule has 1 aliphatic heterocycles. The van der Waals surface area contributed by atoms with E-state index < -0.39 is 29.3 Å². The van der Waals surface area contributed by atoms with Crippen molar-refractivity contribution in [1.29, 1.82) is 0 Å². The summed E-state index contributed by atoms with van der Waals surface area (Å²) in [5, 5.41) is 21.9. The lowest BCUT2D eigenvalue weighted by Crippen LogP contribution is -2.53. The number of likely N-dealkylation sites (tertiary alicyclic amines) is 1. The number of amides is 2. The summed E-state index contributed by atoms with van der Waals surface area (Å²) in [6.45, 7) is 4.06. The van der Waals surface area contributed by atoms with Gasteiger partial charge >= 0.3 is 0 Å². The molecule has 1 fully saturated rings. The zero-order chi connectivity index (χ0) is 24.1. The Morgan fingerprint density at radius 2 is 1.76 bits per heavy atom. The zero-order valence-corrected chi connectivity index (χ0v) is 18.6. The van der Waals surface area contributed by atoms with Crippen molar-refractivity contribution in [3.05, 3.63) is 59.2 Å². The number of benzene rings is 2. The van der Waals surface area contributed by atoms with Gasteiger partial charge in [-0.15, -0.1) is 0 Å². The van der Waals surface area contributed by atoms with E-state index in [0.29, 0.717) is 37.2 Å². The second-order valence-electron chi connectivity index (χ2n) is 8.41. The summed E-state index contributed by atoms with van der Waals surface area (Å²) in [6, 6.07) is 6.22. The van der Waals surface area contributed by atoms with Crippen LogP contribution in [0.3, 0.4) is 0 Å². The lowest BCUT2D eigenvalue weighted by molar-refractivity contribution is -0.136. The minimum atomic E-state index is -0.822. The number of halogens is 2. The number of rotatable bonds is 7. The van der Waals surface area contributed by atoms with E-state index in [1.54, 1.807) is 18.7 Å². The largest absolute Gasteiger partial charge is 0.507 e. The summed E-state index contributed by atoms with van der Waals surface area (Å²) in [5.74, 6) is -2.34. The normalized spacial score (nSPS) is 15.4. The number of nitrogens with zero attached hydrogens (tertiary/aromatic N) is 1. The molecule has 0 unspecified atom stereocenters. The van der Waals surface area contributed by atoms with Crippen molar-refractivity contribution in [1.82, 2.24) is 10.2 Å². The fourth-order valence-corrected chi connectivity index (χ4v) is 3.79. The Morgan fingerprint density at radius 3 is 2.36 bits per heavy atom. The van der Waals surface area contributed by atoms with E-state index in [0.717, 1.165) is 12.1 Å². The monoisotopic (exact) mass is 462 g/mol. The highest BCUT2D eigenvalue weighted by Crippen LogP contribution is 2.25. The van der Waals surface area contributed by atoms with Crippen LogP contribution < -0.4 is 10.1 Å². The summed E-state index contributed by atoms with van der Waals surface area (Å²) < 4.78 is 32.5. The Morgan fingerprint density at radius 1 is 1.12 bits per heavy atom. The SMILES string of the molecule is CC(C)[C@H](NC(=O)c1ccc(F)cc1O)C(=O)N1CCC(Oc2ccc(F)cc2CO)CC1. The van der Waals surface area contributed by atoms with Crippen LogP contribution >= 0.6 is 0 Å². The molecule has 0 saturated carbocycles. The predicted octanol–water partition coefficient (Wildman–Crippen LogP) is 2.99. The lowest BCUT2D eigenvalue weighted by atomic mass is 9.99. The Labute approximate surface area is 191 Å². The maximum atomic E-state index is 13.4. The van der Waals surface area contributed by atoms with E-state index in [-0.39, 0.29) is 30.1 Å². The van der Waals surface area contributed by atoms with Gasteiger partial charge in [0.05, 0.1) is 12.2 Å². The average molecular weight is 462 g/mol. The van der Waals surface area contributed by atoms with E-state index in [9.17, 15) is 28.6 Å². The maximum absolute atomic E-state index is 13.4. The molecule has 7 nitrogen and oxygen atoms in total. The molecule has 3 rings (SSSR count). The van der Waals surface area contributed by atoms with Gasteiger partial charge in [-0.25, -0.2) is 8.78 Å². The van der Waals surface area contributed by atoms with Crippen LogP contribution in [-0.4, -0.2) is 52.2 Å². The summed E-state index contributed by atoms with van der Waals surface area (Å²) in [5.41, 5.74) is 0.251. The lowest BCUT2D eigenvalue weighted by Gasteiger charge is -2.35. The number of carbonyl (C=O) groups excluding carboxylic acids is 2. The molecule has 0 spiro atoms. The molecular weight excluding hydrogens is 434 g/mol. The van der Waals surface area contributed by atoms with E-state index in [4.69, 9.17) is 4.74 Å². The molecule has 0 aromatic heterocycles. The zero-order valence-electron chi connectivity index (χ0n) is 18.6. The highest BCUT2D eigenvalue weighted by atomic mass is 19.1. The molecule has 0 radical (unpaired) electrons. The van der Waals surface area contributed by atoms with E-state index in [1.165, 1.54) is 24.3 Å². The highest BCUT2D eigenvalue weighted by molar-refractivity contribution is 5.99. The van der Waals surface area contributed by atoms with Gasteiger partial charge in [-0.1, -0.05) is 13.8 Å².